The molecule has 130 valence electrons. The number of nitrogens with one attached hydrogen (secondary N) is 1. The molecule has 7 nitrogen and oxygen atoms in total. The van der Waals surface area contributed by atoms with Gasteiger partial charge in [0.05, 0.1) is 18.1 Å². The van der Waals surface area contributed by atoms with Gasteiger partial charge in [0.1, 0.15) is 24.7 Å². The number of aliphatic hydroxyl groups excluding tert-OH is 2. The largest absolute Gasteiger partial charge is 0.491 e. The number of anilines is 1. The van der Waals surface area contributed by atoms with Gasteiger partial charge in [0.25, 0.3) is 10.0 Å². The first-order valence-electron chi connectivity index (χ1n) is 7.25. The van der Waals surface area contributed by atoms with E-state index in [0.717, 1.165) is 0 Å². The second-order valence-electron chi connectivity index (χ2n) is 4.75. The Morgan fingerprint density at radius 1 is 0.792 bits per heavy atom. The number of hydrogen-bond acceptors (Lipinski definition) is 6. The number of sulfonamides is 1. The summed E-state index contributed by atoms with van der Waals surface area (Å²) in [5.74, 6) is 1.02. The first kappa shape index (κ1) is 18.1. The molecule has 0 aliphatic rings. The van der Waals surface area contributed by atoms with Crippen LogP contribution in [0.15, 0.2) is 53.4 Å². The minimum absolute atomic E-state index is 0.0909. The van der Waals surface area contributed by atoms with Crippen LogP contribution in [0.3, 0.4) is 0 Å². The summed E-state index contributed by atoms with van der Waals surface area (Å²) in [7, 11) is -3.72. The van der Waals surface area contributed by atoms with Crippen LogP contribution < -0.4 is 14.2 Å². The van der Waals surface area contributed by atoms with Gasteiger partial charge in [-0.25, -0.2) is 8.42 Å². The van der Waals surface area contributed by atoms with Crippen molar-refractivity contribution in [3.63, 3.8) is 0 Å². The topological polar surface area (TPSA) is 105 Å². The van der Waals surface area contributed by atoms with Gasteiger partial charge in [-0.2, -0.15) is 0 Å². The number of benzene rings is 2. The van der Waals surface area contributed by atoms with E-state index in [1.54, 1.807) is 24.3 Å². The maximum atomic E-state index is 12.3. The average molecular weight is 353 g/mol. The minimum atomic E-state index is -3.72. The van der Waals surface area contributed by atoms with E-state index in [0.29, 0.717) is 17.2 Å². The molecule has 0 bridgehead atoms. The molecule has 0 saturated heterocycles. The summed E-state index contributed by atoms with van der Waals surface area (Å²) in [6.07, 6.45) is 0. The molecule has 0 unspecified atom stereocenters. The Morgan fingerprint density at radius 2 is 1.25 bits per heavy atom. The lowest BCUT2D eigenvalue weighted by atomic mass is 10.3. The van der Waals surface area contributed by atoms with Crippen LogP contribution in [0.25, 0.3) is 0 Å². The molecule has 0 atom stereocenters. The summed E-state index contributed by atoms with van der Waals surface area (Å²) in [5.41, 5.74) is 0.395. The smallest absolute Gasteiger partial charge is 0.261 e. The lowest BCUT2D eigenvalue weighted by Crippen LogP contribution is -2.13. The van der Waals surface area contributed by atoms with E-state index < -0.39 is 10.0 Å². The molecule has 0 heterocycles. The molecule has 8 heteroatoms. The Labute approximate surface area is 140 Å². The van der Waals surface area contributed by atoms with E-state index >= 15 is 0 Å². The van der Waals surface area contributed by atoms with Gasteiger partial charge < -0.3 is 19.7 Å². The number of aliphatic hydroxyl groups is 2. The Hall–Kier alpha value is -2.29. The first-order valence-corrected chi connectivity index (χ1v) is 8.74. The zero-order chi connectivity index (χ0) is 17.4. The van der Waals surface area contributed by atoms with Crippen LogP contribution in [0.2, 0.25) is 0 Å². The van der Waals surface area contributed by atoms with Crippen molar-refractivity contribution in [1.29, 1.82) is 0 Å². The molecule has 3 N–H and O–H groups in total. The van der Waals surface area contributed by atoms with Gasteiger partial charge in [-0.3, -0.25) is 4.72 Å². The highest BCUT2D eigenvalue weighted by Crippen LogP contribution is 2.21. The van der Waals surface area contributed by atoms with Crippen LogP contribution in [0.4, 0.5) is 5.69 Å². The Balaban J connectivity index is 2.04. The molecule has 24 heavy (non-hydrogen) atoms. The standard InChI is InChI=1S/C16H19NO6S/c18-9-11-22-14-3-1-13(2-4-14)17-24(20,21)16-7-5-15(6-8-16)23-12-10-19/h1-8,17-19H,9-12H2. The predicted molar refractivity (Wildman–Crippen MR) is 88.9 cm³/mol. The van der Waals surface area contributed by atoms with Gasteiger partial charge in [-0.1, -0.05) is 0 Å². The molecule has 0 fully saturated rings. The van der Waals surface area contributed by atoms with Crippen molar-refractivity contribution < 1.29 is 28.1 Å². The first-order chi connectivity index (χ1) is 11.5. The minimum Gasteiger partial charge on any atom is -0.491 e. The van der Waals surface area contributed by atoms with Crippen LogP contribution in [-0.2, 0) is 10.0 Å². The van der Waals surface area contributed by atoms with Gasteiger partial charge in [-0.05, 0) is 48.5 Å². The van der Waals surface area contributed by atoms with Crippen LogP contribution >= 0.6 is 0 Å². The second-order valence-corrected chi connectivity index (χ2v) is 6.43. The lowest BCUT2D eigenvalue weighted by Gasteiger charge is -2.10. The highest BCUT2D eigenvalue weighted by atomic mass is 32.2. The molecule has 0 aliphatic heterocycles. The summed E-state index contributed by atoms with van der Waals surface area (Å²) in [6.45, 7) is 0.122. The molecular weight excluding hydrogens is 334 g/mol. The molecule has 2 aromatic rings. The second kappa shape index (κ2) is 8.53. The van der Waals surface area contributed by atoms with Gasteiger partial charge in [0, 0.05) is 5.69 Å². The quantitative estimate of drug-likeness (QED) is 0.626. The maximum absolute atomic E-state index is 12.3. The molecule has 0 aliphatic carbocycles. The number of hydrogen-bond donors (Lipinski definition) is 3. The van der Waals surface area contributed by atoms with Crippen molar-refractivity contribution >= 4 is 15.7 Å². The Morgan fingerprint density at radius 3 is 1.71 bits per heavy atom. The molecule has 0 spiro atoms. The van der Waals surface area contributed by atoms with E-state index in [-0.39, 0.29) is 31.3 Å². The van der Waals surface area contributed by atoms with E-state index in [2.05, 4.69) is 4.72 Å². The highest BCUT2D eigenvalue weighted by molar-refractivity contribution is 7.92. The van der Waals surface area contributed by atoms with Crippen molar-refractivity contribution in [2.75, 3.05) is 31.1 Å². The molecule has 0 aromatic heterocycles. The summed E-state index contributed by atoms with van der Waals surface area (Å²) in [4.78, 5) is 0.0967. The fourth-order valence-corrected chi connectivity index (χ4v) is 2.93. The van der Waals surface area contributed by atoms with Crippen LogP contribution in [-0.4, -0.2) is 45.1 Å². The maximum Gasteiger partial charge on any atom is 0.261 e. The van der Waals surface area contributed by atoms with Gasteiger partial charge in [0.15, 0.2) is 0 Å². The zero-order valence-electron chi connectivity index (χ0n) is 12.9. The van der Waals surface area contributed by atoms with Gasteiger partial charge in [0.2, 0.25) is 0 Å². The summed E-state index contributed by atoms with van der Waals surface area (Å²) in [5, 5.41) is 17.4. The van der Waals surface area contributed by atoms with Gasteiger partial charge in [-0.15, -0.1) is 0 Å². The van der Waals surface area contributed by atoms with Crippen LogP contribution in [0.5, 0.6) is 11.5 Å². The van der Waals surface area contributed by atoms with Gasteiger partial charge >= 0.3 is 0 Å². The van der Waals surface area contributed by atoms with E-state index in [4.69, 9.17) is 19.7 Å². The third-order valence-corrected chi connectivity index (χ3v) is 4.36. The number of ether oxygens (including phenoxy) is 2. The zero-order valence-corrected chi connectivity index (χ0v) is 13.7. The van der Waals surface area contributed by atoms with E-state index in [1.807, 2.05) is 0 Å². The van der Waals surface area contributed by atoms with Crippen LogP contribution in [0.1, 0.15) is 0 Å². The van der Waals surface area contributed by atoms with E-state index in [9.17, 15) is 8.42 Å². The Kier molecular flexibility index (Phi) is 6.42. The molecule has 0 saturated carbocycles. The van der Waals surface area contributed by atoms with Crippen molar-refractivity contribution in [3.05, 3.63) is 48.5 Å². The van der Waals surface area contributed by atoms with Crippen molar-refractivity contribution in [3.8, 4) is 11.5 Å². The van der Waals surface area contributed by atoms with Crippen molar-refractivity contribution in [2.45, 2.75) is 4.90 Å². The number of rotatable bonds is 9. The van der Waals surface area contributed by atoms with E-state index in [1.165, 1.54) is 24.3 Å². The molecular formula is C16H19NO6S. The highest BCUT2D eigenvalue weighted by Gasteiger charge is 2.14. The van der Waals surface area contributed by atoms with Crippen LogP contribution in [0, 0.1) is 0 Å². The average Bonchev–Trinajstić information content (AvgIpc) is 2.59. The molecule has 2 rings (SSSR count). The Bertz CT molecular complexity index is 728. The summed E-state index contributed by atoms with van der Waals surface area (Å²) in [6, 6.07) is 12.3. The fourth-order valence-electron chi connectivity index (χ4n) is 1.88. The summed E-state index contributed by atoms with van der Waals surface area (Å²) >= 11 is 0. The van der Waals surface area contributed by atoms with Crippen molar-refractivity contribution in [1.82, 2.24) is 0 Å². The SMILES string of the molecule is O=S(=O)(Nc1ccc(OCCO)cc1)c1ccc(OCCO)cc1. The lowest BCUT2D eigenvalue weighted by molar-refractivity contribution is 0.201. The summed E-state index contributed by atoms with van der Waals surface area (Å²) < 4.78 is 37.5. The predicted octanol–water partition coefficient (Wildman–Crippen LogP) is 1.23. The molecule has 0 amide bonds. The third-order valence-electron chi connectivity index (χ3n) is 2.96. The fraction of sp³-hybridized carbons (Fsp3) is 0.250. The molecule has 2 aromatic carbocycles. The normalized spacial score (nSPS) is 11.1. The monoisotopic (exact) mass is 353 g/mol. The van der Waals surface area contributed by atoms with Crippen molar-refractivity contribution in [2.24, 2.45) is 0 Å². The third kappa shape index (κ3) is 5.12. The molecule has 0 radical (unpaired) electrons.